The van der Waals surface area contributed by atoms with Crippen LogP contribution in [0.4, 0.5) is 5.69 Å². The zero-order valence-electron chi connectivity index (χ0n) is 8.36. The minimum absolute atomic E-state index is 0.476. The van der Waals surface area contributed by atoms with Gasteiger partial charge in [0.25, 0.3) is 0 Å². The van der Waals surface area contributed by atoms with Gasteiger partial charge in [0.05, 0.1) is 5.69 Å². The molecule has 1 aromatic rings. The average Bonchev–Trinajstić information content (AvgIpc) is 2.23. The molecule has 0 saturated carbocycles. The topological polar surface area (TPSA) is 70.9 Å². The molecule has 0 aromatic heterocycles. The first-order valence-electron chi connectivity index (χ1n) is 4.48. The van der Waals surface area contributed by atoms with Gasteiger partial charge in [0.2, 0.25) is 6.08 Å². The SMILES string of the molecule is Cc1ccc(CCNOO)cc1N=C=O. The number of nitrogens with zero attached hydrogens (tertiary/aromatic N) is 1. The summed E-state index contributed by atoms with van der Waals surface area (Å²) in [6, 6.07) is 5.61. The Balaban J connectivity index is 2.73. The lowest BCUT2D eigenvalue weighted by atomic mass is 10.1. The molecule has 1 rings (SSSR count). The maximum Gasteiger partial charge on any atom is 0.240 e. The van der Waals surface area contributed by atoms with E-state index in [9.17, 15) is 4.79 Å². The molecule has 0 heterocycles. The molecular weight excluding hydrogens is 196 g/mol. The Labute approximate surface area is 87.3 Å². The van der Waals surface area contributed by atoms with Crippen LogP contribution < -0.4 is 5.48 Å². The lowest BCUT2D eigenvalue weighted by Crippen LogP contribution is -2.15. The molecule has 5 heteroatoms. The third-order valence-corrected chi connectivity index (χ3v) is 2.02. The van der Waals surface area contributed by atoms with Crippen LogP contribution in [0.2, 0.25) is 0 Å². The highest BCUT2D eigenvalue weighted by molar-refractivity contribution is 5.54. The number of isocyanates is 1. The van der Waals surface area contributed by atoms with Gasteiger partial charge in [0, 0.05) is 6.54 Å². The Kier molecular flexibility index (Phi) is 4.66. The maximum atomic E-state index is 10.1. The molecule has 80 valence electrons. The number of benzene rings is 1. The number of carbonyl (C=O) groups excluding carboxylic acids is 1. The molecule has 0 amide bonds. The fraction of sp³-hybridized carbons (Fsp3) is 0.300. The second-order valence-electron chi connectivity index (χ2n) is 3.06. The van der Waals surface area contributed by atoms with E-state index in [2.05, 4.69) is 15.5 Å². The molecule has 2 N–H and O–H groups in total. The Morgan fingerprint density at radius 1 is 1.60 bits per heavy atom. The minimum Gasteiger partial charge on any atom is -0.233 e. The molecule has 1 aromatic carbocycles. The number of hydroxylamine groups is 1. The lowest BCUT2D eigenvalue weighted by Gasteiger charge is -2.03. The molecule has 0 aliphatic heterocycles. The van der Waals surface area contributed by atoms with Crippen molar-refractivity contribution in [1.29, 1.82) is 0 Å². The number of aryl methyl sites for hydroxylation is 1. The van der Waals surface area contributed by atoms with Gasteiger partial charge in [0.1, 0.15) is 0 Å². The summed E-state index contributed by atoms with van der Waals surface area (Å²) >= 11 is 0. The van der Waals surface area contributed by atoms with Crippen LogP contribution in [0.1, 0.15) is 11.1 Å². The van der Waals surface area contributed by atoms with Gasteiger partial charge in [0.15, 0.2) is 0 Å². The monoisotopic (exact) mass is 208 g/mol. The first kappa shape index (κ1) is 11.6. The van der Waals surface area contributed by atoms with Crippen molar-refractivity contribution in [2.75, 3.05) is 6.54 Å². The third kappa shape index (κ3) is 3.61. The van der Waals surface area contributed by atoms with Crippen LogP contribution >= 0.6 is 0 Å². The van der Waals surface area contributed by atoms with Crippen molar-refractivity contribution in [2.45, 2.75) is 13.3 Å². The Bertz CT molecular complexity index is 373. The first-order valence-corrected chi connectivity index (χ1v) is 4.48. The molecule has 0 unspecified atom stereocenters. The van der Waals surface area contributed by atoms with Gasteiger partial charge < -0.3 is 0 Å². The van der Waals surface area contributed by atoms with E-state index in [1.807, 2.05) is 19.1 Å². The largest absolute Gasteiger partial charge is 0.240 e. The van der Waals surface area contributed by atoms with Gasteiger partial charge in [-0.05, 0) is 30.5 Å². The van der Waals surface area contributed by atoms with Gasteiger partial charge in [-0.3, -0.25) is 0 Å². The molecule has 0 radical (unpaired) electrons. The molecule has 0 bridgehead atoms. The molecule has 0 spiro atoms. The second-order valence-corrected chi connectivity index (χ2v) is 3.06. The van der Waals surface area contributed by atoms with Crippen LogP contribution in [0, 0.1) is 6.92 Å². The van der Waals surface area contributed by atoms with Crippen molar-refractivity contribution in [3.63, 3.8) is 0 Å². The zero-order chi connectivity index (χ0) is 11.1. The minimum atomic E-state index is 0.476. The molecule has 0 aliphatic rings. The highest BCUT2D eigenvalue weighted by atomic mass is 17.2. The molecule has 5 nitrogen and oxygen atoms in total. The Morgan fingerprint density at radius 3 is 3.07 bits per heavy atom. The van der Waals surface area contributed by atoms with Crippen molar-refractivity contribution in [3.8, 4) is 0 Å². The summed E-state index contributed by atoms with van der Waals surface area (Å²) in [5.41, 5.74) is 4.85. The number of rotatable bonds is 5. The zero-order valence-corrected chi connectivity index (χ0v) is 8.36. The summed E-state index contributed by atoms with van der Waals surface area (Å²) in [5.74, 6) is 0. The number of hydrogen-bond donors (Lipinski definition) is 2. The summed E-state index contributed by atoms with van der Waals surface area (Å²) < 4.78 is 0. The lowest BCUT2D eigenvalue weighted by molar-refractivity contribution is -0.291. The number of hydrogen-bond acceptors (Lipinski definition) is 5. The van der Waals surface area contributed by atoms with Gasteiger partial charge in [-0.2, -0.15) is 10.5 Å². The van der Waals surface area contributed by atoms with E-state index in [1.165, 1.54) is 6.08 Å². The van der Waals surface area contributed by atoms with Crippen molar-refractivity contribution in [1.82, 2.24) is 5.48 Å². The summed E-state index contributed by atoms with van der Waals surface area (Å²) in [4.78, 5) is 17.5. The van der Waals surface area contributed by atoms with Gasteiger partial charge >= 0.3 is 0 Å². The van der Waals surface area contributed by atoms with Crippen LogP contribution in [0.3, 0.4) is 0 Å². The quantitative estimate of drug-likeness (QED) is 0.253. The molecule has 0 saturated heterocycles. The number of aliphatic imine (C=N–C) groups is 1. The van der Waals surface area contributed by atoms with E-state index in [0.717, 1.165) is 11.1 Å². The van der Waals surface area contributed by atoms with E-state index >= 15 is 0 Å². The molecule has 0 atom stereocenters. The fourth-order valence-corrected chi connectivity index (χ4v) is 1.22. The summed E-state index contributed by atoms with van der Waals surface area (Å²) in [7, 11) is 0. The van der Waals surface area contributed by atoms with Crippen molar-refractivity contribution in [3.05, 3.63) is 29.3 Å². The Morgan fingerprint density at radius 2 is 2.40 bits per heavy atom. The van der Waals surface area contributed by atoms with E-state index in [0.29, 0.717) is 18.7 Å². The van der Waals surface area contributed by atoms with Crippen LogP contribution in [-0.4, -0.2) is 17.9 Å². The van der Waals surface area contributed by atoms with Crippen molar-refractivity contribution >= 4 is 11.8 Å². The fourth-order valence-electron chi connectivity index (χ4n) is 1.22. The molecule has 0 fully saturated rings. The van der Waals surface area contributed by atoms with Crippen LogP contribution in [0.15, 0.2) is 23.2 Å². The van der Waals surface area contributed by atoms with Gasteiger partial charge in [-0.1, -0.05) is 12.1 Å². The van der Waals surface area contributed by atoms with Crippen molar-refractivity contribution < 1.29 is 15.0 Å². The van der Waals surface area contributed by atoms with Gasteiger partial charge in [-0.25, -0.2) is 10.1 Å². The third-order valence-electron chi connectivity index (χ3n) is 2.02. The molecule has 15 heavy (non-hydrogen) atoms. The number of nitrogens with one attached hydrogen (secondary N) is 1. The van der Waals surface area contributed by atoms with Crippen LogP contribution in [0.5, 0.6) is 0 Å². The van der Waals surface area contributed by atoms with Crippen LogP contribution in [0.25, 0.3) is 0 Å². The highest BCUT2D eigenvalue weighted by Crippen LogP contribution is 2.19. The van der Waals surface area contributed by atoms with Crippen LogP contribution in [-0.2, 0) is 16.2 Å². The summed E-state index contributed by atoms with van der Waals surface area (Å²) in [6.07, 6.45) is 2.18. The smallest absolute Gasteiger partial charge is 0.233 e. The van der Waals surface area contributed by atoms with E-state index < -0.39 is 0 Å². The first-order chi connectivity index (χ1) is 7.27. The second kappa shape index (κ2) is 6.06. The maximum absolute atomic E-state index is 10.1. The molecular formula is C10H12N2O3. The van der Waals surface area contributed by atoms with Gasteiger partial charge in [-0.15, -0.1) is 4.99 Å². The summed E-state index contributed by atoms with van der Waals surface area (Å²) in [6.45, 7) is 2.35. The van der Waals surface area contributed by atoms with E-state index in [1.54, 1.807) is 6.07 Å². The van der Waals surface area contributed by atoms with E-state index in [4.69, 9.17) is 5.26 Å². The predicted molar refractivity (Wildman–Crippen MR) is 54.4 cm³/mol. The summed E-state index contributed by atoms with van der Waals surface area (Å²) in [5, 5.41) is 8.05. The predicted octanol–water partition coefficient (Wildman–Crippen LogP) is 1.50. The van der Waals surface area contributed by atoms with E-state index in [-0.39, 0.29) is 0 Å². The van der Waals surface area contributed by atoms with Crippen molar-refractivity contribution in [2.24, 2.45) is 4.99 Å². The highest BCUT2D eigenvalue weighted by Gasteiger charge is 1.99. The standard InChI is InChI=1S/C10H12N2O3/c1-8-2-3-9(4-5-12-15-14)6-10(8)11-7-13/h2-3,6,12,14H,4-5H2,1H3. The Hall–Kier alpha value is -1.52. The average molecular weight is 208 g/mol. The molecule has 0 aliphatic carbocycles. The normalized spacial score (nSPS) is 9.73.